The van der Waals surface area contributed by atoms with E-state index in [-0.39, 0.29) is 12.5 Å². The Labute approximate surface area is 298 Å². The van der Waals surface area contributed by atoms with Crippen molar-refractivity contribution in [3.05, 3.63) is 105 Å². The van der Waals surface area contributed by atoms with Crippen LogP contribution in [-0.2, 0) is 4.74 Å². The van der Waals surface area contributed by atoms with Gasteiger partial charge in [-0.3, -0.25) is 0 Å². The number of hydrogen-bond acceptors (Lipinski definition) is 5. The van der Waals surface area contributed by atoms with Crippen molar-refractivity contribution in [2.45, 2.75) is 95.5 Å². The lowest BCUT2D eigenvalue weighted by atomic mass is 9.94. The summed E-state index contributed by atoms with van der Waals surface area (Å²) in [6.07, 6.45) is 3.54. The first-order valence-electron chi connectivity index (χ1n) is 17.8. The first-order chi connectivity index (χ1) is 24.2. The Balaban J connectivity index is 1.23. The Hall–Kier alpha value is -5.28. The fourth-order valence-electron chi connectivity index (χ4n) is 8.60. The normalized spacial score (nSPS) is 13.4. The Kier molecular flexibility index (Phi) is 7.50. The molecule has 260 valence electrons. The minimum Gasteiger partial charge on any atom is -0.335 e. The second-order valence-corrected chi connectivity index (χ2v) is 14.6. The van der Waals surface area contributed by atoms with E-state index in [0.29, 0.717) is 0 Å². The lowest BCUT2D eigenvalue weighted by molar-refractivity contribution is -0.0673. The van der Waals surface area contributed by atoms with Crippen molar-refractivity contribution in [2.24, 2.45) is 0 Å². The summed E-state index contributed by atoms with van der Waals surface area (Å²) in [7, 11) is 0. The van der Waals surface area contributed by atoms with Crippen LogP contribution in [0, 0.1) is 69.2 Å². The highest BCUT2D eigenvalue weighted by Gasteiger charge is 2.25. The molecule has 2 unspecified atom stereocenters. The average Bonchev–Trinajstić information content (AvgIpc) is 3.81. The zero-order valence-corrected chi connectivity index (χ0v) is 31.8. The highest BCUT2D eigenvalue weighted by atomic mass is 16.5. The molecule has 0 aliphatic heterocycles. The van der Waals surface area contributed by atoms with Gasteiger partial charge in [0.1, 0.15) is 23.8 Å². The van der Waals surface area contributed by atoms with Crippen LogP contribution in [0.4, 0.5) is 0 Å². The summed E-state index contributed by atoms with van der Waals surface area (Å²) >= 11 is 0. The van der Waals surface area contributed by atoms with Crippen LogP contribution in [0.25, 0.3) is 55.6 Å². The second-order valence-electron chi connectivity index (χ2n) is 14.6. The second kappa shape index (κ2) is 11.6. The van der Waals surface area contributed by atoms with Crippen molar-refractivity contribution in [1.29, 1.82) is 0 Å². The van der Waals surface area contributed by atoms with Crippen LogP contribution in [0.15, 0.2) is 48.8 Å². The van der Waals surface area contributed by atoms with E-state index in [1.807, 2.05) is 9.03 Å². The molecular formula is C42H46N8O. The number of benzene rings is 2. The lowest BCUT2D eigenvalue weighted by Crippen LogP contribution is -2.17. The van der Waals surface area contributed by atoms with E-state index in [2.05, 4.69) is 141 Å². The number of aromatic nitrogens is 8. The number of hydrogen-bond donors (Lipinski definition) is 0. The predicted octanol–water partition coefficient (Wildman–Crippen LogP) is 9.85. The molecule has 2 atom stereocenters. The zero-order chi connectivity index (χ0) is 36.2. The van der Waals surface area contributed by atoms with Gasteiger partial charge in [-0.1, -0.05) is 35.4 Å². The Morgan fingerprint density at radius 1 is 0.490 bits per heavy atom. The zero-order valence-electron chi connectivity index (χ0n) is 31.8. The molecule has 0 amide bonds. The minimum atomic E-state index is -0.318. The molecule has 8 aromatic rings. The van der Waals surface area contributed by atoms with Crippen LogP contribution in [0.1, 0.15) is 82.5 Å². The summed E-state index contributed by atoms with van der Waals surface area (Å²) in [6, 6.07) is 13.2. The summed E-state index contributed by atoms with van der Waals surface area (Å²) in [5.74, 6) is 0. The topological polar surface area (TPSA) is 79.5 Å². The number of fused-ring (bicyclic) bond motifs is 6. The van der Waals surface area contributed by atoms with Crippen LogP contribution in [0.3, 0.4) is 0 Å². The van der Waals surface area contributed by atoms with E-state index >= 15 is 0 Å². The molecule has 0 fully saturated rings. The highest BCUT2D eigenvalue weighted by molar-refractivity contribution is 5.91. The molecule has 0 bridgehead atoms. The molecule has 9 nitrogen and oxygen atoms in total. The molecule has 0 aliphatic carbocycles. The fraction of sp³-hybridized carbons (Fsp3) is 0.333. The van der Waals surface area contributed by atoms with Gasteiger partial charge in [0.05, 0.1) is 33.9 Å². The third kappa shape index (κ3) is 4.93. The molecule has 0 radical (unpaired) electrons. The van der Waals surface area contributed by atoms with Crippen LogP contribution in [-0.4, -0.2) is 38.3 Å². The maximum Gasteiger partial charge on any atom is 0.165 e. The summed E-state index contributed by atoms with van der Waals surface area (Å²) in [5.41, 5.74) is 19.5. The molecule has 0 saturated heterocycles. The van der Waals surface area contributed by atoms with Crippen LogP contribution in [0.2, 0.25) is 0 Å². The van der Waals surface area contributed by atoms with Gasteiger partial charge < -0.3 is 13.9 Å². The third-order valence-corrected chi connectivity index (χ3v) is 10.6. The minimum absolute atomic E-state index is 0.318. The van der Waals surface area contributed by atoms with E-state index in [0.717, 1.165) is 67.3 Å². The standard InChI is InChI=1S/C42H46N8O/c1-21-17-23(3)35(24(4)18-21)37-29(9)45-49-39(37)43-27(7)33-13-15-47(41(33)49)31(11)51-32(12)48-16-14-34-28(8)44-40-38(30(10)46-50(40)42(34)48)36-25(5)19-22(2)20-26(36)6/h13-20,31-32H,1-12H3. The van der Waals surface area contributed by atoms with Crippen molar-refractivity contribution in [1.82, 2.24) is 38.3 Å². The van der Waals surface area contributed by atoms with E-state index in [1.54, 1.807) is 0 Å². The van der Waals surface area contributed by atoms with Gasteiger partial charge in [-0.15, -0.1) is 0 Å². The summed E-state index contributed by atoms with van der Waals surface area (Å²) in [4.78, 5) is 10.2. The van der Waals surface area contributed by atoms with Gasteiger partial charge in [-0.05, 0) is 129 Å². The Bertz CT molecular complexity index is 2490. The number of aryl methyl sites for hydroxylation is 10. The van der Waals surface area contributed by atoms with Crippen LogP contribution in [0.5, 0.6) is 0 Å². The van der Waals surface area contributed by atoms with Crippen LogP contribution >= 0.6 is 0 Å². The number of nitrogens with zero attached hydrogens (tertiary/aromatic N) is 8. The molecule has 0 saturated carbocycles. The number of rotatable bonds is 6. The van der Waals surface area contributed by atoms with Gasteiger partial charge in [0.15, 0.2) is 11.3 Å². The molecule has 0 N–H and O–H groups in total. The molecule has 2 aromatic carbocycles. The van der Waals surface area contributed by atoms with E-state index in [9.17, 15) is 0 Å². The van der Waals surface area contributed by atoms with Gasteiger partial charge in [0.2, 0.25) is 0 Å². The molecule has 0 aliphatic rings. The fourth-order valence-corrected chi connectivity index (χ4v) is 8.60. The smallest absolute Gasteiger partial charge is 0.165 e. The van der Waals surface area contributed by atoms with Gasteiger partial charge in [0, 0.05) is 23.2 Å². The summed E-state index contributed by atoms with van der Waals surface area (Å²) < 4.78 is 15.2. The van der Waals surface area contributed by atoms with Crippen molar-refractivity contribution < 1.29 is 4.74 Å². The predicted molar refractivity (Wildman–Crippen MR) is 206 cm³/mol. The van der Waals surface area contributed by atoms with Crippen molar-refractivity contribution in [2.75, 3.05) is 0 Å². The molecule has 9 heteroatoms. The Morgan fingerprint density at radius 3 is 1.20 bits per heavy atom. The lowest BCUT2D eigenvalue weighted by Gasteiger charge is -2.23. The monoisotopic (exact) mass is 678 g/mol. The largest absolute Gasteiger partial charge is 0.335 e. The molecule has 6 aromatic heterocycles. The average molecular weight is 679 g/mol. The summed E-state index contributed by atoms with van der Waals surface area (Å²) in [6.45, 7) is 25.5. The van der Waals surface area contributed by atoms with Crippen molar-refractivity contribution in [3.63, 3.8) is 0 Å². The maximum atomic E-state index is 6.88. The molecule has 51 heavy (non-hydrogen) atoms. The van der Waals surface area contributed by atoms with Crippen molar-refractivity contribution >= 4 is 33.4 Å². The molecule has 6 heterocycles. The van der Waals surface area contributed by atoms with Gasteiger partial charge in [0.25, 0.3) is 0 Å². The van der Waals surface area contributed by atoms with Gasteiger partial charge >= 0.3 is 0 Å². The first kappa shape index (κ1) is 32.9. The molecular weight excluding hydrogens is 633 g/mol. The van der Waals surface area contributed by atoms with Gasteiger partial charge in [-0.25, -0.2) is 9.97 Å². The highest BCUT2D eigenvalue weighted by Crippen LogP contribution is 2.38. The van der Waals surface area contributed by atoms with E-state index in [1.165, 1.54) is 44.5 Å². The van der Waals surface area contributed by atoms with Crippen molar-refractivity contribution in [3.8, 4) is 22.3 Å². The van der Waals surface area contributed by atoms with Gasteiger partial charge in [-0.2, -0.15) is 19.2 Å². The Morgan fingerprint density at radius 2 is 0.843 bits per heavy atom. The SMILES string of the molecule is Cc1cc(C)c(-c2c(C)nn3c2nc(C)c2ccn(C(C)OC(C)n4ccc5c(C)nc6c(-c7c(C)cc(C)cc7C)c(C)nn6c54)c23)c(C)c1. The third-order valence-electron chi connectivity index (χ3n) is 10.6. The van der Waals surface area contributed by atoms with Crippen LogP contribution < -0.4 is 0 Å². The van der Waals surface area contributed by atoms with E-state index < -0.39 is 0 Å². The first-order valence-corrected chi connectivity index (χ1v) is 17.8. The maximum absolute atomic E-state index is 6.88. The quantitative estimate of drug-likeness (QED) is 0.175. The number of ether oxygens (including phenoxy) is 1. The van der Waals surface area contributed by atoms with E-state index in [4.69, 9.17) is 24.9 Å². The molecule has 8 rings (SSSR count). The summed E-state index contributed by atoms with van der Waals surface area (Å²) in [5, 5.41) is 12.3. The molecule has 0 spiro atoms.